The van der Waals surface area contributed by atoms with Crippen molar-refractivity contribution in [2.24, 2.45) is 0 Å². The average molecular weight is 442 g/mol. The van der Waals surface area contributed by atoms with E-state index in [1.807, 2.05) is 0 Å². The third-order valence-electron chi connectivity index (χ3n) is 3.88. The number of carbonyl (C=O) groups excluding carboxylic acids is 2. The molecule has 0 aliphatic heterocycles. The quantitative estimate of drug-likeness (QED) is 0.276. The Morgan fingerprint density at radius 2 is 1.00 bits per heavy atom. The van der Waals surface area contributed by atoms with Gasteiger partial charge < -0.3 is 29.2 Å². The SMILES string of the molecule is O=C(C=Cc1ccc(OCCO)cc1)OCCOC(=O)C=Cc1ccc(OCCO)cc1. The highest BCUT2D eigenvalue weighted by Crippen LogP contribution is 2.14. The number of benzene rings is 2. The Bertz CT molecular complexity index is 810. The molecule has 0 aliphatic rings. The second-order valence-electron chi connectivity index (χ2n) is 6.28. The number of ether oxygens (including phenoxy) is 4. The van der Waals surface area contributed by atoms with Crippen molar-refractivity contribution in [1.82, 2.24) is 0 Å². The number of hydrogen-bond donors (Lipinski definition) is 2. The van der Waals surface area contributed by atoms with E-state index in [0.29, 0.717) is 11.5 Å². The molecule has 0 saturated heterocycles. The van der Waals surface area contributed by atoms with E-state index in [1.54, 1.807) is 60.7 Å². The first-order chi connectivity index (χ1) is 15.6. The molecule has 0 saturated carbocycles. The zero-order valence-electron chi connectivity index (χ0n) is 17.5. The van der Waals surface area contributed by atoms with E-state index >= 15 is 0 Å². The summed E-state index contributed by atoms with van der Waals surface area (Å²) in [4.78, 5) is 23.5. The zero-order valence-corrected chi connectivity index (χ0v) is 17.5. The van der Waals surface area contributed by atoms with Gasteiger partial charge in [0.1, 0.15) is 37.9 Å². The Balaban J connectivity index is 1.64. The minimum atomic E-state index is -0.555. The molecule has 2 N–H and O–H groups in total. The van der Waals surface area contributed by atoms with E-state index in [1.165, 1.54) is 12.2 Å². The van der Waals surface area contributed by atoms with Crippen molar-refractivity contribution < 1.29 is 38.7 Å². The molecule has 170 valence electrons. The van der Waals surface area contributed by atoms with E-state index in [4.69, 9.17) is 29.2 Å². The minimum absolute atomic E-state index is 0.0601. The Morgan fingerprint density at radius 1 is 0.625 bits per heavy atom. The van der Waals surface area contributed by atoms with Gasteiger partial charge in [0.15, 0.2) is 0 Å². The van der Waals surface area contributed by atoms with Gasteiger partial charge in [0.2, 0.25) is 0 Å². The molecular weight excluding hydrogens is 416 g/mol. The maximum atomic E-state index is 11.7. The van der Waals surface area contributed by atoms with E-state index in [-0.39, 0.29) is 39.6 Å². The molecule has 0 heterocycles. The fourth-order valence-electron chi connectivity index (χ4n) is 2.39. The topological polar surface area (TPSA) is 112 Å². The minimum Gasteiger partial charge on any atom is -0.491 e. The van der Waals surface area contributed by atoms with Gasteiger partial charge in [-0.3, -0.25) is 0 Å². The molecule has 2 aromatic carbocycles. The van der Waals surface area contributed by atoms with Crippen LogP contribution >= 0.6 is 0 Å². The third-order valence-corrected chi connectivity index (χ3v) is 3.88. The van der Waals surface area contributed by atoms with Gasteiger partial charge in [-0.15, -0.1) is 0 Å². The molecular formula is C24H26O8. The van der Waals surface area contributed by atoms with Crippen LogP contribution in [-0.4, -0.2) is 61.8 Å². The van der Waals surface area contributed by atoms with Crippen LogP contribution in [-0.2, 0) is 19.1 Å². The average Bonchev–Trinajstić information content (AvgIpc) is 2.82. The van der Waals surface area contributed by atoms with Gasteiger partial charge in [0.25, 0.3) is 0 Å². The first-order valence-corrected chi connectivity index (χ1v) is 9.98. The molecule has 0 bridgehead atoms. The third kappa shape index (κ3) is 9.92. The molecule has 8 heteroatoms. The lowest BCUT2D eigenvalue weighted by Crippen LogP contribution is -2.11. The number of carbonyl (C=O) groups is 2. The van der Waals surface area contributed by atoms with E-state index in [9.17, 15) is 9.59 Å². The lowest BCUT2D eigenvalue weighted by Gasteiger charge is -2.04. The summed E-state index contributed by atoms with van der Waals surface area (Å²) in [5.41, 5.74) is 1.56. The highest BCUT2D eigenvalue weighted by atomic mass is 16.6. The number of esters is 2. The van der Waals surface area contributed by atoms with Crippen LogP contribution in [0.4, 0.5) is 0 Å². The molecule has 0 spiro atoms. The van der Waals surface area contributed by atoms with Gasteiger partial charge in [0, 0.05) is 12.2 Å². The summed E-state index contributed by atoms with van der Waals surface area (Å²) >= 11 is 0. The predicted molar refractivity (Wildman–Crippen MR) is 118 cm³/mol. The van der Waals surface area contributed by atoms with Crippen LogP contribution in [0.3, 0.4) is 0 Å². The molecule has 32 heavy (non-hydrogen) atoms. The van der Waals surface area contributed by atoms with Gasteiger partial charge in [-0.05, 0) is 47.5 Å². The molecule has 2 rings (SSSR count). The number of aliphatic hydroxyl groups is 2. The molecule has 0 radical (unpaired) electrons. The fraction of sp³-hybridized carbons (Fsp3) is 0.250. The number of rotatable bonds is 13. The van der Waals surface area contributed by atoms with Gasteiger partial charge in [-0.1, -0.05) is 24.3 Å². The van der Waals surface area contributed by atoms with Gasteiger partial charge in [-0.25, -0.2) is 9.59 Å². The summed E-state index contributed by atoms with van der Waals surface area (Å²) < 4.78 is 20.5. The first-order valence-electron chi connectivity index (χ1n) is 9.98. The van der Waals surface area contributed by atoms with Crippen molar-refractivity contribution in [3.05, 3.63) is 71.8 Å². The molecule has 2 aromatic rings. The second kappa shape index (κ2) is 14.4. The normalized spacial score (nSPS) is 10.9. The molecule has 0 unspecified atom stereocenters. The lowest BCUT2D eigenvalue weighted by atomic mass is 10.2. The molecule has 0 aromatic heterocycles. The van der Waals surface area contributed by atoms with E-state index in [2.05, 4.69) is 0 Å². The molecule has 0 atom stereocenters. The summed E-state index contributed by atoms with van der Waals surface area (Å²) in [6.07, 6.45) is 5.73. The van der Waals surface area contributed by atoms with Crippen LogP contribution in [0, 0.1) is 0 Å². The van der Waals surface area contributed by atoms with Crippen LogP contribution in [0.1, 0.15) is 11.1 Å². The lowest BCUT2D eigenvalue weighted by molar-refractivity contribution is -0.145. The van der Waals surface area contributed by atoms with Crippen LogP contribution < -0.4 is 9.47 Å². The van der Waals surface area contributed by atoms with Crippen molar-refractivity contribution in [2.45, 2.75) is 0 Å². The molecule has 0 aliphatic carbocycles. The summed E-state index contributed by atoms with van der Waals surface area (Å²) in [6, 6.07) is 14.0. The zero-order chi connectivity index (χ0) is 23.0. The van der Waals surface area contributed by atoms with Crippen LogP contribution in [0.15, 0.2) is 60.7 Å². The summed E-state index contributed by atoms with van der Waals surface area (Å²) in [6.45, 7) is 0.194. The number of hydrogen-bond acceptors (Lipinski definition) is 8. The maximum Gasteiger partial charge on any atom is 0.330 e. The van der Waals surface area contributed by atoms with E-state index in [0.717, 1.165) is 11.1 Å². The number of aliphatic hydroxyl groups excluding tert-OH is 2. The van der Waals surface area contributed by atoms with E-state index < -0.39 is 11.9 Å². The summed E-state index contributed by atoms with van der Waals surface area (Å²) in [5, 5.41) is 17.4. The molecule has 0 amide bonds. The highest BCUT2D eigenvalue weighted by molar-refractivity contribution is 5.87. The van der Waals surface area contributed by atoms with Gasteiger partial charge >= 0.3 is 11.9 Å². The smallest absolute Gasteiger partial charge is 0.330 e. The van der Waals surface area contributed by atoms with Crippen molar-refractivity contribution >= 4 is 24.1 Å². The van der Waals surface area contributed by atoms with Gasteiger partial charge in [0.05, 0.1) is 13.2 Å². The van der Waals surface area contributed by atoms with Crippen LogP contribution in [0.25, 0.3) is 12.2 Å². The van der Waals surface area contributed by atoms with Crippen molar-refractivity contribution in [3.8, 4) is 11.5 Å². The predicted octanol–water partition coefficient (Wildman–Crippen LogP) is 2.24. The standard InChI is InChI=1S/C24H26O8/c25-13-15-29-21-7-1-19(2-8-21)5-11-23(27)31-17-18-32-24(28)12-6-20-3-9-22(10-4-20)30-16-14-26/h1-12,25-26H,13-18H2. The molecule has 0 fully saturated rings. The Hall–Kier alpha value is -3.62. The van der Waals surface area contributed by atoms with Crippen molar-refractivity contribution in [2.75, 3.05) is 39.6 Å². The van der Waals surface area contributed by atoms with Gasteiger partial charge in [-0.2, -0.15) is 0 Å². The van der Waals surface area contributed by atoms with Crippen molar-refractivity contribution in [3.63, 3.8) is 0 Å². The molecule has 8 nitrogen and oxygen atoms in total. The first kappa shape index (κ1) is 24.6. The Labute approximate surface area is 186 Å². The van der Waals surface area contributed by atoms with Crippen molar-refractivity contribution in [1.29, 1.82) is 0 Å². The van der Waals surface area contributed by atoms with Crippen LogP contribution in [0.5, 0.6) is 11.5 Å². The summed E-state index contributed by atoms with van der Waals surface area (Å²) in [5.74, 6) is 0.138. The monoisotopic (exact) mass is 442 g/mol. The second-order valence-corrected chi connectivity index (χ2v) is 6.28. The summed E-state index contributed by atoms with van der Waals surface area (Å²) in [7, 11) is 0. The largest absolute Gasteiger partial charge is 0.491 e. The Kier molecular flexibility index (Phi) is 11.1. The fourth-order valence-corrected chi connectivity index (χ4v) is 2.39. The maximum absolute atomic E-state index is 11.7. The Morgan fingerprint density at radius 3 is 1.34 bits per heavy atom. The van der Waals surface area contributed by atoms with Crippen LogP contribution in [0.2, 0.25) is 0 Å². The highest BCUT2D eigenvalue weighted by Gasteiger charge is 2.01.